The average Bonchev–Trinajstić information content (AvgIpc) is 3.28. The molecule has 0 bridgehead atoms. The normalized spacial score (nSPS) is 16.4. The van der Waals surface area contributed by atoms with Crippen molar-refractivity contribution in [2.24, 2.45) is 0 Å². The van der Waals surface area contributed by atoms with Crippen molar-refractivity contribution in [1.82, 2.24) is 15.1 Å². The van der Waals surface area contributed by atoms with E-state index in [1.165, 1.54) is 4.90 Å². The second-order valence-corrected chi connectivity index (χ2v) is 5.99. The number of hydrogen-bond acceptors (Lipinski definition) is 4. The number of carbonyl (C=O) groups is 2. The molecule has 0 unspecified atom stereocenters. The quantitative estimate of drug-likeness (QED) is 0.692. The first kappa shape index (κ1) is 19.1. The summed E-state index contributed by atoms with van der Waals surface area (Å²) in [5, 5.41) is 2.72. The van der Waals surface area contributed by atoms with Crippen LogP contribution in [-0.2, 0) is 16.1 Å². The number of carbonyl (C=O) groups excluding carboxylic acids is 2. The highest BCUT2D eigenvalue weighted by Crippen LogP contribution is 2.16. The Hall–Kier alpha value is -2.28. The Kier molecular flexibility index (Phi) is 7.53. The lowest BCUT2D eigenvalue weighted by atomic mass is 10.2. The molecule has 1 fully saturated rings. The summed E-state index contributed by atoms with van der Waals surface area (Å²) in [4.78, 5) is 28.1. The summed E-state index contributed by atoms with van der Waals surface area (Å²) in [5.74, 6) is 0.569. The van der Waals surface area contributed by atoms with E-state index in [0.29, 0.717) is 31.9 Å². The molecule has 25 heavy (non-hydrogen) atoms. The fourth-order valence-electron chi connectivity index (χ4n) is 2.78. The maximum absolute atomic E-state index is 12.8. The number of ether oxygens (including phenoxy) is 1. The van der Waals surface area contributed by atoms with Crippen LogP contribution in [0.2, 0.25) is 0 Å². The first-order valence-electron chi connectivity index (χ1n) is 8.69. The smallest absolute Gasteiger partial charge is 0.318 e. The SMILES string of the molecule is C=CCN(CC(=O)N(Cc1ccco1)C[C@H]1CCCO1)C(=O)NCC. The van der Waals surface area contributed by atoms with E-state index >= 15 is 0 Å². The zero-order valence-corrected chi connectivity index (χ0v) is 14.8. The van der Waals surface area contributed by atoms with Crippen LogP contribution in [0.5, 0.6) is 0 Å². The molecule has 138 valence electrons. The molecule has 1 aromatic heterocycles. The molecule has 1 N–H and O–H groups in total. The Morgan fingerprint density at radius 1 is 1.44 bits per heavy atom. The number of rotatable bonds is 9. The molecule has 1 aliphatic rings. The molecule has 1 aliphatic heterocycles. The van der Waals surface area contributed by atoms with E-state index in [-0.39, 0.29) is 24.6 Å². The molecule has 0 spiro atoms. The van der Waals surface area contributed by atoms with Crippen molar-refractivity contribution in [1.29, 1.82) is 0 Å². The Labute approximate surface area is 148 Å². The van der Waals surface area contributed by atoms with Crippen LogP contribution in [0.25, 0.3) is 0 Å². The molecule has 1 aromatic rings. The van der Waals surface area contributed by atoms with Crippen molar-refractivity contribution in [3.8, 4) is 0 Å². The van der Waals surface area contributed by atoms with Gasteiger partial charge in [-0.3, -0.25) is 4.79 Å². The average molecular weight is 349 g/mol. The van der Waals surface area contributed by atoms with Gasteiger partial charge in [-0.2, -0.15) is 0 Å². The van der Waals surface area contributed by atoms with Gasteiger partial charge in [-0.25, -0.2) is 4.79 Å². The minimum absolute atomic E-state index is 0.00865. The lowest BCUT2D eigenvalue weighted by Gasteiger charge is -2.28. The van der Waals surface area contributed by atoms with Crippen molar-refractivity contribution in [2.45, 2.75) is 32.4 Å². The van der Waals surface area contributed by atoms with Crippen LogP contribution in [0.3, 0.4) is 0 Å². The molecule has 1 saturated heterocycles. The van der Waals surface area contributed by atoms with Crippen molar-refractivity contribution in [3.05, 3.63) is 36.8 Å². The van der Waals surface area contributed by atoms with Gasteiger partial charge in [0, 0.05) is 26.2 Å². The van der Waals surface area contributed by atoms with Gasteiger partial charge < -0.3 is 24.3 Å². The van der Waals surface area contributed by atoms with Gasteiger partial charge in [-0.1, -0.05) is 6.08 Å². The molecule has 0 saturated carbocycles. The number of nitrogens with zero attached hydrogens (tertiary/aromatic N) is 2. The number of amides is 3. The monoisotopic (exact) mass is 349 g/mol. The molecule has 0 radical (unpaired) electrons. The highest BCUT2D eigenvalue weighted by molar-refractivity contribution is 5.84. The van der Waals surface area contributed by atoms with Gasteiger partial charge in [0.05, 0.1) is 18.9 Å². The maximum Gasteiger partial charge on any atom is 0.318 e. The van der Waals surface area contributed by atoms with Crippen molar-refractivity contribution in [2.75, 3.05) is 32.8 Å². The van der Waals surface area contributed by atoms with Gasteiger partial charge in [-0.05, 0) is 31.9 Å². The summed E-state index contributed by atoms with van der Waals surface area (Å²) in [6.07, 6.45) is 5.18. The minimum atomic E-state index is -0.272. The summed E-state index contributed by atoms with van der Waals surface area (Å²) in [5.41, 5.74) is 0. The van der Waals surface area contributed by atoms with Crippen LogP contribution < -0.4 is 5.32 Å². The van der Waals surface area contributed by atoms with Crippen molar-refractivity contribution < 1.29 is 18.7 Å². The standard InChI is InChI=1S/C18H27N3O4/c1-3-9-20(18(23)19-4-2)14-17(22)21(12-15-7-5-10-24-15)13-16-8-6-11-25-16/h3,5,7,10,16H,1,4,6,8-9,11-14H2,2H3,(H,19,23)/t16-/m1/s1. The van der Waals surface area contributed by atoms with Crippen LogP contribution in [0.1, 0.15) is 25.5 Å². The summed E-state index contributed by atoms with van der Waals surface area (Å²) in [6.45, 7) is 7.90. The van der Waals surface area contributed by atoms with Crippen LogP contribution in [0.15, 0.2) is 35.5 Å². The predicted molar refractivity (Wildman–Crippen MR) is 93.9 cm³/mol. The van der Waals surface area contributed by atoms with Crippen molar-refractivity contribution in [3.63, 3.8) is 0 Å². The second-order valence-electron chi connectivity index (χ2n) is 5.99. The van der Waals surface area contributed by atoms with Crippen LogP contribution in [-0.4, -0.2) is 60.6 Å². The van der Waals surface area contributed by atoms with E-state index in [1.807, 2.05) is 13.0 Å². The van der Waals surface area contributed by atoms with Crippen molar-refractivity contribution >= 4 is 11.9 Å². The molecule has 0 aromatic carbocycles. The molecule has 2 heterocycles. The first-order valence-corrected chi connectivity index (χ1v) is 8.69. The number of furan rings is 1. The molecule has 1 atom stereocenters. The third kappa shape index (κ3) is 5.94. The molecule has 2 rings (SSSR count). The lowest BCUT2D eigenvalue weighted by molar-refractivity contribution is -0.134. The third-order valence-corrected chi connectivity index (χ3v) is 4.02. The Morgan fingerprint density at radius 3 is 2.88 bits per heavy atom. The summed E-state index contributed by atoms with van der Waals surface area (Å²) in [7, 11) is 0. The molecule has 0 aliphatic carbocycles. The number of hydrogen-bond donors (Lipinski definition) is 1. The number of nitrogens with one attached hydrogen (secondary N) is 1. The largest absolute Gasteiger partial charge is 0.467 e. The number of urea groups is 1. The van der Waals surface area contributed by atoms with Gasteiger partial charge in [0.25, 0.3) is 0 Å². The summed E-state index contributed by atoms with van der Waals surface area (Å²) in [6, 6.07) is 3.36. The molecule has 3 amide bonds. The van der Waals surface area contributed by atoms with Crippen LogP contribution >= 0.6 is 0 Å². The fourth-order valence-corrected chi connectivity index (χ4v) is 2.78. The second kappa shape index (κ2) is 9.88. The molecular weight excluding hydrogens is 322 g/mol. The van der Waals surface area contributed by atoms with E-state index in [0.717, 1.165) is 19.4 Å². The van der Waals surface area contributed by atoms with E-state index in [4.69, 9.17) is 9.15 Å². The molecule has 7 nitrogen and oxygen atoms in total. The van der Waals surface area contributed by atoms with E-state index in [2.05, 4.69) is 11.9 Å². The lowest BCUT2D eigenvalue weighted by Crippen LogP contribution is -2.47. The highest BCUT2D eigenvalue weighted by Gasteiger charge is 2.25. The zero-order chi connectivity index (χ0) is 18.1. The summed E-state index contributed by atoms with van der Waals surface area (Å²) >= 11 is 0. The highest BCUT2D eigenvalue weighted by atomic mass is 16.5. The fraction of sp³-hybridized carbons (Fsp3) is 0.556. The first-order chi connectivity index (χ1) is 12.1. The van der Waals surface area contributed by atoms with Gasteiger partial charge >= 0.3 is 6.03 Å². The van der Waals surface area contributed by atoms with Gasteiger partial charge in [0.15, 0.2) is 0 Å². The summed E-state index contributed by atoms with van der Waals surface area (Å²) < 4.78 is 11.0. The van der Waals surface area contributed by atoms with Crippen LogP contribution in [0.4, 0.5) is 4.79 Å². The van der Waals surface area contributed by atoms with Gasteiger partial charge in [0.1, 0.15) is 12.3 Å². The van der Waals surface area contributed by atoms with Gasteiger partial charge in [-0.15, -0.1) is 6.58 Å². The van der Waals surface area contributed by atoms with E-state index in [9.17, 15) is 9.59 Å². The maximum atomic E-state index is 12.8. The minimum Gasteiger partial charge on any atom is -0.467 e. The third-order valence-electron chi connectivity index (χ3n) is 4.02. The van der Waals surface area contributed by atoms with Gasteiger partial charge in [0.2, 0.25) is 5.91 Å². The Balaban J connectivity index is 2.03. The molecule has 7 heteroatoms. The predicted octanol–water partition coefficient (Wildman–Crippen LogP) is 2.00. The molecular formula is C18H27N3O4. The Bertz CT molecular complexity index is 553. The topological polar surface area (TPSA) is 75.0 Å². The zero-order valence-electron chi connectivity index (χ0n) is 14.8. The van der Waals surface area contributed by atoms with E-state index < -0.39 is 0 Å². The van der Waals surface area contributed by atoms with E-state index in [1.54, 1.807) is 23.3 Å². The van der Waals surface area contributed by atoms with Crippen LogP contribution in [0, 0.1) is 0 Å². The Morgan fingerprint density at radius 2 is 2.28 bits per heavy atom.